The molecule has 0 radical (unpaired) electrons. The van der Waals surface area contributed by atoms with Crippen LogP contribution in [-0.4, -0.2) is 0 Å². The van der Waals surface area contributed by atoms with E-state index in [4.69, 9.17) is 26.3 Å². The molecule has 0 saturated carbocycles. The summed E-state index contributed by atoms with van der Waals surface area (Å²) >= 11 is 18.5. The molecule has 0 aromatic carbocycles. The third-order valence-electron chi connectivity index (χ3n) is 0. The summed E-state index contributed by atoms with van der Waals surface area (Å²) in [6.45, 7) is 0. The van der Waals surface area contributed by atoms with Gasteiger partial charge >= 0.3 is 0 Å². The SMILES string of the molecule is N#C[S-].N#C[S-].N#C[S-].N#C[S-].N#C[S-].[Mo]. The average Bonchev–Trinajstić information content (AvgIpc) is 2.09. The van der Waals surface area contributed by atoms with Gasteiger partial charge in [-0.2, -0.15) is 0 Å². The van der Waals surface area contributed by atoms with Gasteiger partial charge in [0.25, 0.3) is 0 Å². The number of nitriles is 5. The number of rotatable bonds is 0. The molecule has 0 aromatic heterocycles. The van der Waals surface area contributed by atoms with Crippen LogP contribution in [0.25, 0.3) is 0 Å². The van der Waals surface area contributed by atoms with Crippen LogP contribution in [0.1, 0.15) is 0 Å². The Labute approximate surface area is 136 Å². The Morgan fingerprint density at radius 1 is 0.438 bits per heavy atom. The summed E-state index contributed by atoms with van der Waals surface area (Å²) < 4.78 is 0. The zero-order valence-corrected chi connectivity index (χ0v) is 13.3. The maximum atomic E-state index is 7.13. The standard InChI is InChI=1S/5CHNS.Mo/c5*2-1-3;/h5*3H;/p-5. The Hall–Kier alpha value is -0.762. The van der Waals surface area contributed by atoms with E-state index in [2.05, 4.69) is 63.1 Å². The van der Waals surface area contributed by atoms with Gasteiger partial charge in [-0.05, 0) is 0 Å². The van der Waals surface area contributed by atoms with Gasteiger partial charge in [0.2, 0.25) is 0 Å². The van der Waals surface area contributed by atoms with Crippen LogP contribution < -0.4 is 0 Å². The second kappa shape index (κ2) is 139. The minimum Gasteiger partial charge on any atom is -0.696 e. The number of thiocyanates is 5. The molecule has 0 heterocycles. The van der Waals surface area contributed by atoms with Crippen LogP contribution in [0.3, 0.4) is 0 Å². The number of hydrogen-bond donors (Lipinski definition) is 0. The van der Waals surface area contributed by atoms with Crippen molar-refractivity contribution in [3.05, 3.63) is 0 Å². The van der Waals surface area contributed by atoms with E-state index in [1.807, 2.05) is 0 Å². The zero-order valence-electron chi connectivity index (χ0n) is 7.19. The van der Waals surface area contributed by atoms with Crippen molar-refractivity contribution in [2.24, 2.45) is 0 Å². The average molecular weight is 386 g/mol. The molecule has 0 atom stereocenters. The van der Waals surface area contributed by atoms with E-state index in [0.717, 1.165) is 0 Å². The van der Waals surface area contributed by atoms with Crippen molar-refractivity contribution in [2.45, 2.75) is 0 Å². The van der Waals surface area contributed by atoms with Crippen molar-refractivity contribution < 1.29 is 21.1 Å². The van der Waals surface area contributed by atoms with E-state index in [9.17, 15) is 0 Å². The van der Waals surface area contributed by atoms with Crippen LogP contribution in [0.4, 0.5) is 0 Å². The monoisotopic (exact) mass is 388 g/mol. The molecule has 0 amide bonds. The smallest absolute Gasteiger partial charge is 0 e. The normalized spacial score (nSPS) is 2.19. The molecule has 0 N–H and O–H groups in total. The predicted octanol–water partition coefficient (Wildman–Crippen LogP) is 0.0694. The fourth-order valence-corrected chi connectivity index (χ4v) is 0. The van der Waals surface area contributed by atoms with E-state index < -0.39 is 0 Å². The first-order chi connectivity index (χ1) is 7.07. The third-order valence-corrected chi connectivity index (χ3v) is 0. The summed E-state index contributed by atoms with van der Waals surface area (Å²) in [5, 5.41) is 42.3. The summed E-state index contributed by atoms with van der Waals surface area (Å²) in [6, 6.07) is 0. The fourth-order valence-electron chi connectivity index (χ4n) is 0. The minimum atomic E-state index is 0. The summed E-state index contributed by atoms with van der Waals surface area (Å²) in [4.78, 5) is 0. The molecule has 0 saturated heterocycles. The third kappa shape index (κ3) is 3420. The Balaban J connectivity index is -0.0000000192. The summed E-state index contributed by atoms with van der Waals surface area (Å²) in [6.07, 6.45) is 0. The molecule has 0 aliphatic rings. The Kier molecular flexibility index (Phi) is 314. The largest absolute Gasteiger partial charge is 0.696 e. The number of nitrogens with zero attached hydrogens (tertiary/aromatic N) is 5. The molecule has 0 bridgehead atoms. The molecule has 86 valence electrons. The van der Waals surface area contributed by atoms with Gasteiger partial charge in [0.05, 0.1) is 0 Å². The molecule has 0 spiro atoms. The van der Waals surface area contributed by atoms with Crippen molar-refractivity contribution in [3.63, 3.8) is 0 Å². The van der Waals surface area contributed by atoms with Gasteiger partial charge in [-0.25, -0.2) is 26.3 Å². The molecule has 16 heavy (non-hydrogen) atoms. The van der Waals surface area contributed by atoms with Gasteiger partial charge in [0, 0.05) is 21.1 Å². The summed E-state index contributed by atoms with van der Waals surface area (Å²) in [7, 11) is 0. The molecule has 11 heteroatoms. The number of hydrogen-bond acceptors (Lipinski definition) is 10. The van der Waals surface area contributed by atoms with Crippen molar-refractivity contribution >= 4 is 63.1 Å². The second-order valence-corrected chi connectivity index (χ2v) is 1.37. The molecule has 0 unspecified atom stereocenters. The Bertz CT molecular complexity index is 206. The van der Waals surface area contributed by atoms with E-state index >= 15 is 0 Å². The van der Waals surface area contributed by atoms with Gasteiger partial charge in [0.15, 0.2) is 0 Å². The minimum absolute atomic E-state index is 0. The second-order valence-electron chi connectivity index (χ2n) is 0.456. The first kappa shape index (κ1) is 36.2. The van der Waals surface area contributed by atoms with Crippen molar-refractivity contribution in [3.8, 4) is 27.0 Å². The van der Waals surface area contributed by atoms with E-state index in [1.54, 1.807) is 0 Å². The van der Waals surface area contributed by atoms with Crippen molar-refractivity contribution in [2.75, 3.05) is 0 Å². The Morgan fingerprint density at radius 3 is 0.438 bits per heavy atom. The van der Waals surface area contributed by atoms with Crippen LogP contribution in [-0.2, 0) is 84.2 Å². The molecule has 0 aliphatic carbocycles. The predicted molar refractivity (Wildman–Crippen MR) is 64.9 cm³/mol. The van der Waals surface area contributed by atoms with Crippen LogP contribution in [0, 0.1) is 53.3 Å². The molecule has 0 aliphatic heterocycles. The summed E-state index contributed by atoms with van der Waals surface area (Å²) in [5.41, 5.74) is 0. The van der Waals surface area contributed by atoms with E-state index in [-0.39, 0.29) is 21.1 Å². The van der Waals surface area contributed by atoms with Crippen LogP contribution >= 0.6 is 0 Å². The first-order valence-corrected chi connectivity index (χ1v) is 4.18. The quantitative estimate of drug-likeness (QED) is 0.321. The van der Waals surface area contributed by atoms with Gasteiger partial charge in [0.1, 0.15) is 0 Å². The van der Waals surface area contributed by atoms with Gasteiger partial charge in [-0.1, -0.05) is 27.0 Å². The maximum absolute atomic E-state index is 7.13. The first-order valence-electron chi connectivity index (χ1n) is 2.14. The zero-order chi connectivity index (χ0) is 13.5. The van der Waals surface area contributed by atoms with E-state index in [1.165, 1.54) is 27.0 Å². The van der Waals surface area contributed by atoms with Crippen molar-refractivity contribution in [1.29, 1.82) is 26.3 Å². The maximum Gasteiger partial charge on any atom is 0 e. The van der Waals surface area contributed by atoms with Crippen molar-refractivity contribution in [1.82, 2.24) is 0 Å². The van der Waals surface area contributed by atoms with Gasteiger partial charge in [-0.3, -0.25) is 0 Å². The molecule has 0 rings (SSSR count). The molecular weight excluding hydrogens is 386 g/mol. The molecular formula is C5MoN5S5-5. The van der Waals surface area contributed by atoms with Gasteiger partial charge < -0.3 is 63.1 Å². The Morgan fingerprint density at radius 2 is 0.438 bits per heavy atom. The fraction of sp³-hybridized carbons (Fsp3) is 0. The van der Waals surface area contributed by atoms with Crippen LogP contribution in [0.2, 0.25) is 0 Å². The van der Waals surface area contributed by atoms with Crippen LogP contribution in [0.5, 0.6) is 0 Å². The van der Waals surface area contributed by atoms with E-state index in [0.29, 0.717) is 0 Å². The molecule has 0 fully saturated rings. The summed E-state index contributed by atoms with van der Waals surface area (Å²) in [5.74, 6) is 0. The molecule has 0 aromatic rings. The van der Waals surface area contributed by atoms with Crippen LogP contribution in [0.15, 0.2) is 0 Å². The molecule has 5 nitrogen and oxygen atoms in total. The topological polar surface area (TPSA) is 119 Å². The van der Waals surface area contributed by atoms with Gasteiger partial charge in [-0.15, -0.1) is 0 Å².